The average Bonchev–Trinajstić information content (AvgIpc) is 2.98. The molecular weight excluding hydrogens is 292 g/mol. The van der Waals surface area contributed by atoms with Crippen LogP contribution in [0.15, 0.2) is 30.9 Å². The molecule has 120 valence electrons. The lowest BCUT2D eigenvalue weighted by Gasteiger charge is -2.52. The van der Waals surface area contributed by atoms with Crippen molar-refractivity contribution in [1.82, 2.24) is 24.4 Å². The number of aromatic nitrogens is 4. The third-order valence-corrected chi connectivity index (χ3v) is 4.90. The van der Waals surface area contributed by atoms with Crippen molar-refractivity contribution >= 4 is 11.9 Å². The highest BCUT2D eigenvalue weighted by Gasteiger charge is 2.55. The summed E-state index contributed by atoms with van der Waals surface area (Å²) in [7, 11) is 2.00. The van der Waals surface area contributed by atoms with Crippen LogP contribution < -0.4 is 4.90 Å². The first kappa shape index (κ1) is 14.3. The predicted octanol–water partition coefficient (Wildman–Crippen LogP) is 0.839. The summed E-state index contributed by atoms with van der Waals surface area (Å²) >= 11 is 0. The van der Waals surface area contributed by atoms with Gasteiger partial charge >= 0.3 is 0 Å². The molecule has 2 aromatic rings. The van der Waals surface area contributed by atoms with Crippen LogP contribution in [-0.2, 0) is 18.4 Å². The van der Waals surface area contributed by atoms with Gasteiger partial charge in [0.25, 0.3) is 0 Å². The van der Waals surface area contributed by atoms with Crippen molar-refractivity contribution in [3.05, 3.63) is 36.7 Å². The van der Waals surface area contributed by atoms with Crippen molar-refractivity contribution < 1.29 is 4.79 Å². The molecule has 2 aliphatic rings. The topological polar surface area (TPSA) is 67.2 Å². The number of amides is 1. The number of likely N-dealkylation sites (tertiary alicyclic amines) is 1. The molecule has 1 atom stereocenters. The van der Waals surface area contributed by atoms with Crippen LogP contribution in [0.4, 0.5) is 5.95 Å². The molecule has 1 spiro atoms. The Balaban J connectivity index is 1.46. The summed E-state index contributed by atoms with van der Waals surface area (Å²) in [5, 5.41) is 0. The van der Waals surface area contributed by atoms with Gasteiger partial charge in [0.15, 0.2) is 0 Å². The first-order chi connectivity index (χ1) is 11.2. The average molecular weight is 312 g/mol. The molecule has 0 radical (unpaired) electrons. The van der Waals surface area contributed by atoms with E-state index in [9.17, 15) is 4.79 Å². The Bertz CT molecular complexity index is 714. The first-order valence-electron chi connectivity index (χ1n) is 7.95. The lowest BCUT2D eigenvalue weighted by molar-refractivity contribution is -0.139. The van der Waals surface area contributed by atoms with Crippen LogP contribution in [0, 0.1) is 5.41 Å². The van der Waals surface area contributed by atoms with Gasteiger partial charge in [-0.2, -0.15) is 0 Å². The van der Waals surface area contributed by atoms with Crippen LogP contribution >= 0.6 is 0 Å². The van der Waals surface area contributed by atoms with Crippen molar-refractivity contribution in [1.29, 1.82) is 0 Å². The highest BCUT2D eigenvalue weighted by Crippen LogP contribution is 2.41. The molecule has 0 bridgehead atoms. The van der Waals surface area contributed by atoms with Crippen molar-refractivity contribution in [3.63, 3.8) is 0 Å². The molecule has 0 N–H and O–H groups in total. The van der Waals surface area contributed by atoms with E-state index in [0.717, 1.165) is 38.3 Å². The molecule has 2 aromatic heterocycles. The van der Waals surface area contributed by atoms with Gasteiger partial charge in [-0.1, -0.05) is 0 Å². The number of aryl methyl sites for hydroxylation is 1. The maximum Gasteiger partial charge on any atom is 0.238 e. The molecule has 0 saturated carbocycles. The van der Waals surface area contributed by atoms with E-state index in [2.05, 4.69) is 19.9 Å². The molecule has 2 saturated heterocycles. The molecule has 4 heterocycles. The van der Waals surface area contributed by atoms with Crippen molar-refractivity contribution in [2.75, 3.05) is 24.5 Å². The lowest BCUT2D eigenvalue weighted by Crippen LogP contribution is -2.67. The zero-order chi connectivity index (χ0) is 15.9. The van der Waals surface area contributed by atoms with Crippen LogP contribution in [-0.4, -0.2) is 50.0 Å². The maximum atomic E-state index is 12.8. The van der Waals surface area contributed by atoms with Crippen LogP contribution in [0.25, 0.3) is 0 Å². The fourth-order valence-electron chi connectivity index (χ4n) is 3.64. The predicted molar refractivity (Wildman–Crippen MR) is 84.5 cm³/mol. The summed E-state index contributed by atoms with van der Waals surface area (Å²) in [6.45, 7) is 3.32. The molecule has 0 aromatic carbocycles. The Hall–Kier alpha value is -2.28. The van der Waals surface area contributed by atoms with Gasteiger partial charge in [-0.25, -0.2) is 15.0 Å². The highest BCUT2D eigenvalue weighted by atomic mass is 16.2. The smallest absolute Gasteiger partial charge is 0.238 e. The van der Waals surface area contributed by atoms with Gasteiger partial charge in [0.05, 0.1) is 12.0 Å². The first-order valence-corrected chi connectivity index (χ1v) is 7.95. The summed E-state index contributed by atoms with van der Waals surface area (Å²) in [6.07, 6.45) is 9.12. The minimum atomic E-state index is -0.261. The summed E-state index contributed by atoms with van der Waals surface area (Å²) in [5.74, 6) is 1.72. The Morgan fingerprint density at radius 1 is 1.17 bits per heavy atom. The number of carbonyl (C=O) groups is 1. The van der Waals surface area contributed by atoms with E-state index in [1.165, 1.54) is 0 Å². The number of nitrogens with zero attached hydrogens (tertiary/aromatic N) is 6. The van der Waals surface area contributed by atoms with Crippen LogP contribution in [0.5, 0.6) is 0 Å². The van der Waals surface area contributed by atoms with Crippen molar-refractivity contribution in [3.8, 4) is 0 Å². The van der Waals surface area contributed by atoms with Gasteiger partial charge in [-0.3, -0.25) is 14.6 Å². The lowest BCUT2D eigenvalue weighted by atomic mass is 9.72. The molecule has 7 heteroatoms. The monoisotopic (exact) mass is 312 g/mol. The molecule has 0 unspecified atom stereocenters. The zero-order valence-electron chi connectivity index (χ0n) is 13.2. The van der Waals surface area contributed by atoms with Gasteiger partial charge in [-0.15, -0.1) is 0 Å². The van der Waals surface area contributed by atoms with Crippen molar-refractivity contribution in [2.45, 2.75) is 19.4 Å². The number of imidazole rings is 1. The van der Waals surface area contributed by atoms with Gasteiger partial charge in [0.1, 0.15) is 5.82 Å². The Kier molecular flexibility index (Phi) is 3.37. The summed E-state index contributed by atoms with van der Waals surface area (Å²) < 4.78 is 2.04. The normalized spacial score (nSPS) is 24.9. The molecule has 2 fully saturated rings. The molecule has 7 nitrogen and oxygen atoms in total. The van der Waals surface area contributed by atoms with Crippen LogP contribution in [0.2, 0.25) is 0 Å². The SMILES string of the molecule is Cn1ccnc1CN1CCC[C@]2(C1)CN(c1ncccn1)C2=O. The minimum absolute atomic E-state index is 0.160. The second-order valence-corrected chi connectivity index (χ2v) is 6.49. The van der Waals surface area contributed by atoms with E-state index in [0.29, 0.717) is 12.5 Å². The second-order valence-electron chi connectivity index (χ2n) is 6.49. The maximum absolute atomic E-state index is 12.8. The highest BCUT2D eigenvalue weighted by molar-refractivity contribution is 6.03. The van der Waals surface area contributed by atoms with E-state index in [1.807, 2.05) is 24.0 Å². The fraction of sp³-hybridized carbons (Fsp3) is 0.500. The molecule has 2 aliphatic heterocycles. The van der Waals surface area contributed by atoms with E-state index in [4.69, 9.17) is 0 Å². The number of anilines is 1. The second kappa shape index (κ2) is 5.42. The number of hydrogen-bond donors (Lipinski definition) is 0. The quantitative estimate of drug-likeness (QED) is 0.786. The Morgan fingerprint density at radius 2 is 2.00 bits per heavy atom. The molecule has 23 heavy (non-hydrogen) atoms. The van der Waals surface area contributed by atoms with E-state index in [-0.39, 0.29) is 11.3 Å². The molecule has 0 aliphatic carbocycles. The number of piperidine rings is 1. The van der Waals surface area contributed by atoms with Gasteiger partial charge in [-0.05, 0) is 25.5 Å². The Labute approximate surface area is 135 Å². The summed E-state index contributed by atoms with van der Waals surface area (Å²) in [6, 6.07) is 1.76. The van der Waals surface area contributed by atoms with Gasteiger partial charge in [0, 0.05) is 44.9 Å². The fourth-order valence-corrected chi connectivity index (χ4v) is 3.64. The van der Waals surface area contributed by atoms with Crippen LogP contribution in [0.1, 0.15) is 18.7 Å². The van der Waals surface area contributed by atoms with E-state index < -0.39 is 0 Å². The van der Waals surface area contributed by atoms with Crippen molar-refractivity contribution in [2.24, 2.45) is 12.5 Å². The molecular formula is C16H20N6O. The minimum Gasteiger partial charge on any atom is -0.337 e. The standard InChI is InChI=1S/C16H20N6O/c1-20-9-7-17-13(20)10-21-8-2-4-16(11-21)12-22(14(16)23)15-18-5-3-6-19-15/h3,5-7,9H,2,4,8,10-12H2,1H3/t16-/m0/s1. The van der Waals surface area contributed by atoms with Gasteiger partial charge in [0.2, 0.25) is 11.9 Å². The molecule has 4 rings (SSSR count). The van der Waals surface area contributed by atoms with E-state index in [1.54, 1.807) is 23.4 Å². The third-order valence-electron chi connectivity index (χ3n) is 4.90. The van der Waals surface area contributed by atoms with Crippen LogP contribution in [0.3, 0.4) is 0 Å². The third kappa shape index (κ3) is 2.41. The summed E-state index contributed by atoms with van der Waals surface area (Å²) in [4.78, 5) is 29.6. The number of carbonyl (C=O) groups excluding carboxylic acids is 1. The largest absolute Gasteiger partial charge is 0.337 e. The summed E-state index contributed by atoms with van der Waals surface area (Å²) in [5.41, 5.74) is -0.261. The zero-order valence-corrected chi connectivity index (χ0v) is 13.2. The number of rotatable bonds is 3. The van der Waals surface area contributed by atoms with Gasteiger partial charge < -0.3 is 4.57 Å². The molecule has 1 amide bonds. The number of hydrogen-bond acceptors (Lipinski definition) is 5. The Morgan fingerprint density at radius 3 is 2.70 bits per heavy atom. The number of β-lactam (4-membered cyclic amide) rings is 1. The van der Waals surface area contributed by atoms with E-state index >= 15 is 0 Å².